The third-order valence-corrected chi connectivity index (χ3v) is 0.964. The van der Waals surface area contributed by atoms with Gasteiger partial charge in [-0.05, 0) is 13.0 Å². The smallest absolute Gasteiger partial charge is 0.145 e. The third-order valence-electron chi connectivity index (χ3n) is 0.964. The van der Waals surface area contributed by atoms with E-state index in [1.807, 2.05) is 19.1 Å². The molecule has 0 aliphatic carbocycles. The van der Waals surface area contributed by atoms with Crippen molar-refractivity contribution in [2.75, 3.05) is 5.73 Å². The second kappa shape index (κ2) is 2.35. The van der Waals surface area contributed by atoms with Gasteiger partial charge in [0.05, 0.1) is 5.69 Å². The first-order chi connectivity index (χ1) is 4.33. The number of aromatic amines is 1. The van der Waals surface area contributed by atoms with E-state index < -0.39 is 0 Å². The maximum atomic E-state index is 5.33. The molecule has 0 unspecified atom stereocenters. The third kappa shape index (κ3) is 1.32. The summed E-state index contributed by atoms with van der Waals surface area (Å²) in [6, 6.07) is 1.78. The summed E-state index contributed by atoms with van der Waals surface area (Å²) in [5.74, 6) is 0.531. The molecule has 0 aromatic carbocycles. The molecule has 0 aliphatic rings. The highest BCUT2D eigenvalue weighted by Gasteiger charge is 1.88. The Balaban J connectivity index is 2.85. The summed E-state index contributed by atoms with van der Waals surface area (Å²) in [4.78, 5) is 0. The lowest BCUT2D eigenvalue weighted by molar-refractivity contribution is 1.09. The van der Waals surface area contributed by atoms with E-state index in [0.717, 1.165) is 5.69 Å². The van der Waals surface area contributed by atoms with Crippen LogP contribution in [0.15, 0.2) is 12.1 Å². The zero-order chi connectivity index (χ0) is 6.69. The van der Waals surface area contributed by atoms with E-state index in [4.69, 9.17) is 5.73 Å². The molecule has 1 aromatic heterocycles. The van der Waals surface area contributed by atoms with E-state index in [1.165, 1.54) is 0 Å². The van der Waals surface area contributed by atoms with E-state index >= 15 is 0 Å². The minimum Gasteiger partial charge on any atom is -0.382 e. The predicted octanol–water partition coefficient (Wildman–Crippen LogP) is 1.02. The fourth-order valence-corrected chi connectivity index (χ4v) is 0.618. The zero-order valence-electron chi connectivity index (χ0n) is 5.26. The van der Waals surface area contributed by atoms with Crippen molar-refractivity contribution in [3.05, 3.63) is 17.8 Å². The van der Waals surface area contributed by atoms with Crippen molar-refractivity contribution in [1.82, 2.24) is 10.2 Å². The first kappa shape index (κ1) is 5.88. The Hall–Kier alpha value is -1.25. The molecule has 0 spiro atoms. The fourth-order valence-electron chi connectivity index (χ4n) is 0.618. The maximum absolute atomic E-state index is 5.33. The van der Waals surface area contributed by atoms with Crippen LogP contribution in [-0.4, -0.2) is 10.2 Å². The van der Waals surface area contributed by atoms with Crippen LogP contribution in [0, 0.1) is 0 Å². The predicted molar refractivity (Wildman–Crippen MR) is 37.7 cm³/mol. The molecule has 0 atom stereocenters. The van der Waals surface area contributed by atoms with Crippen molar-refractivity contribution in [2.24, 2.45) is 0 Å². The average Bonchev–Trinajstić information content (AvgIpc) is 2.17. The molecule has 0 bridgehead atoms. The number of nitrogen functional groups attached to an aromatic ring is 1. The molecule has 0 aliphatic heterocycles. The van der Waals surface area contributed by atoms with Crippen LogP contribution in [0.25, 0.3) is 6.08 Å². The fraction of sp³-hybridized carbons (Fsp3) is 0.167. The number of H-pyrrole nitrogens is 1. The molecule has 0 saturated heterocycles. The molecule has 0 fully saturated rings. The SMILES string of the molecule is C/C=C/c1cc(N)n[nH]1. The molecular weight excluding hydrogens is 114 g/mol. The first-order valence-electron chi connectivity index (χ1n) is 2.76. The summed E-state index contributed by atoms with van der Waals surface area (Å²) in [6.07, 6.45) is 3.83. The molecule has 1 rings (SSSR count). The molecule has 9 heavy (non-hydrogen) atoms. The normalized spacial score (nSPS) is 10.8. The molecule has 1 aromatic rings. The number of nitrogens with zero attached hydrogens (tertiary/aromatic N) is 1. The van der Waals surface area contributed by atoms with Gasteiger partial charge in [0.2, 0.25) is 0 Å². The van der Waals surface area contributed by atoms with Crippen molar-refractivity contribution >= 4 is 11.9 Å². The van der Waals surface area contributed by atoms with E-state index in [9.17, 15) is 0 Å². The van der Waals surface area contributed by atoms with Crippen LogP contribution in [0.5, 0.6) is 0 Å². The minimum atomic E-state index is 0.531. The first-order valence-corrected chi connectivity index (χ1v) is 2.76. The number of anilines is 1. The largest absolute Gasteiger partial charge is 0.382 e. The van der Waals surface area contributed by atoms with E-state index in [0.29, 0.717) is 5.82 Å². The minimum absolute atomic E-state index is 0.531. The Morgan fingerprint density at radius 3 is 3.00 bits per heavy atom. The lowest BCUT2D eigenvalue weighted by Gasteiger charge is -1.76. The summed E-state index contributed by atoms with van der Waals surface area (Å²) in [5, 5.41) is 6.48. The molecule has 3 heteroatoms. The van der Waals surface area contributed by atoms with Crippen LogP contribution in [0.3, 0.4) is 0 Å². The molecule has 0 amide bonds. The van der Waals surface area contributed by atoms with Gasteiger partial charge in [-0.3, -0.25) is 5.10 Å². The lowest BCUT2D eigenvalue weighted by Crippen LogP contribution is -1.81. The van der Waals surface area contributed by atoms with Gasteiger partial charge < -0.3 is 5.73 Å². The van der Waals surface area contributed by atoms with Gasteiger partial charge in [-0.1, -0.05) is 6.08 Å². The van der Waals surface area contributed by atoms with E-state index in [1.54, 1.807) is 6.07 Å². The molecule has 3 N–H and O–H groups in total. The highest BCUT2D eigenvalue weighted by molar-refractivity contribution is 5.48. The van der Waals surface area contributed by atoms with Gasteiger partial charge in [-0.25, -0.2) is 0 Å². The summed E-state index contributed by atoms with van der Waals surface area (Å²) in [7, 11) is 0. The number of nitrogens with two attached hydrogens (primary N) is 1. The Labute approximate surface area is 53.6 Å². The van der Waals surface area contributed by atoms with Crippen LogP contribution in [0.2, 0.25) is 0 Å². The second-order valence-corrected chi connectivity index (χ2v) is 1.75. The van der Waals surface area contributed by atoms with Crippen LogP contribution < -0.4 is 5.73 Å². The number of allylic oxidation sites excluding steroid dienone is 1. The van der Waals surface area contributed by atoms with E-state index in [-0.39, 0.29) is 0 Å². The van der Waals surface area contributed by atoms with Gasteiger partial charge >= 0.3 is 0 Å². The molecule has 1 heterocycles. The van der Waals surface area contributed by atoms with Gasteiger partial charge in [0, 0.05) is 6.07 Å². The number of rotatable bonds is 1. The maximum Gasteiger partial charge on any atom is 0.145 e. The molecule has 3 nitrogen and oxygen atoms in total. The summed E-state index contributed by atoms with van der Waals surface area (Å²) in [5.41, 5.74) is 6.27. The average molecular weight is 123 g/mol. The quantitative estimate of drug-likeness (QED) is 0.585. The van der Waals surface area contributed by atoms with Crippen LogP contribution in [-0.2, 0) is 0 Å². The number of hydrogen-bond acceptors (Lipinski definition) is 2. The standard InChI is InChI=1S/C6H9N3/c1-2-3-5-4-6(7)9-8-5/h2-4H,1H3,(H3,7,8,9)/b3-2+. The highest BCUT2D eigenvalue weighted by atomic mass is 15.1. The lowest BCUT2D eigenvalue weighted by atomic mass is 10.4. The van der Waals surface area contributed by atoms with Crippen LogP contribution in [0.1, 0.15) is 12.6 Å². The molecule has 0 radical (unpaired) electrons. The van der Waals surface area contributed by atoms with Crippen molar-refractivity contribution < 1.29 is 0 Å². The molecular formula is C6H9N3. The number of nitrogens with one attached hydrogen (secondary N) is 1. The van der Waals surface area contributed by atoms with Crippen molar-refractivity contribution in [3.8, 4) is 0 Å². The summed E-state index contributed by atoms with van der Waals surface area (Å²) in [6.45, 7) is 1.94. The molecule has 48 valence electrons. The number of hydrogen-bond donors (Lipinski definition) is 2. The zero-order valence-corrected chi connectivity index (χ0v) is 5.26. The van der Waals surface area contributed by atoms with Crippen LogP contribution in [0.4, 0.5) is 5.82 Å². The van der Waals surface area contributed by atoms with Crippen molar-refractivity contribution in [1.29, 1.82) is 0 Å². The Bertz CT molecular complexity index is 212. The van der Waals surface area contributed by atoms with Crippen LogP contribution >= 0.6 is 0 Å². The van der Waals surface area contributed by atoms with Gasteiger partial charge in [0.1, 0.15) is 5.82 Å². The van der Waals surface area contributed by atoms with Crippen molar-refractivity contribution in [3.63, 3.8) is 0 Å². The van der Waals surface area contributed by atoms with Gasteiger partial charge in [0.15, 0.2) is 0 Å². The second-order valence-electron chi connectivity index (χ2n) is 1.75. The Kier molecular flexibility index (Phi) is 1.53. The topological polar surface area (TPSA) is 54.7 Å². The molecule has 0 saturated carbocycles. The monoisotopic (exact) mass is 123 g/mol. The highest BCUT2D eigenvalue weighted by Crippen LogP contribution is 2.01. The van der Waals surface area contributed by atoms with Crippen molar-refractivity contribution in [2.45, 2.75) is 6.92 Å². The van der Waals surface area contributed by atoms with Gasteiger partial charge in [-0.15, -0.1) is 0 Å². The van der Waals surface area contributed by atoms with Gasteiger partial charge in [-0.2, -0.15) is 5.10 Å². The Morgan fingerprint density at radius 1 is 1.78 bits per heavy atom. The Morgan fingerprint density at radius 2 is 2.56 bits per heavy atom. The van der Waals surface area contributed by atoms with Gasteiger partial charge in [0.25, 0.3) is 0 Å². The summed E-state index contributed by atoms with van der Waals surface area (Å²) >= 11 is 0. The number of aromatic nitrogens is 2. The summed E-state index contributed by atoms with van der Waals surface area (Å²) < 4.78 is 0. The van der Waals surface area contributed by atoms with E-state index in [2.05, 4.69) is 10.2 Å².